The minimum atomic E-state index is -0.322. The van der Waals surface area contributed by atoms with E-state index in [1.165, 1.54) is 19.3 Å². The highest BCUT2D eigenvalue weighted by atomic mass is 35.5. The Kier molecular flexibility index (Phi) is 7.01. The van der Waals surface area contributed by atoms with Crippen LogP contribution < -0.4 is 16.0 Å². The highest BCUT2D eigenvalue weighted by Gasteiger charge is 2.16. The Morgan fingerprint density at radius 3 is 2.07 bits per heavy atom. The van der Waals surface area contributed by atoms with Crippen LogP contribution in [0.4, 0.5) is 5.69 Å². The van der Waals surface area contributed by atoms with E-state index in [4.69, 9.17) is 23.8 Å². The summed E-state index contributed by atoms with van der Waals surface area (Å²) >= 11 is 11.0. The second-order valence-corrected chi connectivity index (χ2v) is 7.65. The van der Waals surface area contributed by atoms with Crippen molar-refractivity contribution in [3.05, 3.63) is 64.7 Å². The Bertz CT molecular complexity index is 847. The normalized spacial score (nSPS) is 14.2. The van der Waals surface area contributed by atoms with E-state index in [0.29, 0.717) is 21.8 Å². The first kappa shape index (κ1) is 20.3. The molecule has 7 heteroatoms. The summed E-state index contributed by atoms with van der Waals surface area (Å²) in [7, 11) is 0. The molecule has 2 aromatic carbocycles. The Morgan fingerprint density at radius 2 is 1.43 bits per heavy atom. The molecule has 28 heavy (non-hydrogen) atoms. The first-order chi connectivity index (χ1) is 13.5. The molecule has 3 N–H and O–H groups in total. The first-order valence-electron chi connectivity index (χ1n) is 9.30. The standard InChI is InChI=1S/C21H22ClN3O2S/c22-16-10-6-14(7-11-16)20(27)25-21(28)24-18-12-8-15(9-13-18)19(26)23-17-4-2-1-3-5-17/h6-13,17H,1-5H2,(H,23,26)(H2,24,25,27,28). The fraction of sp³-hybridized carbons (Fsp3) is 0.286. The van der Waals surface area contributed by atoms with E-state index in [0.717, 1.165) is 12.8 Å². The zero-order valence-electron chi connectivity index (χ0n) is 15.3. The molecular formula is C21H22ClN3O2S. The van der Waals surface area contributed by atoms with Gasteiger partial charge >= 0.3 is 0 Å². The molecule has 1 saturated carbocycles. The molecule has 0 unspecified atom stereocenters. The number of anilines is 1. The van der Waals surface area contributed by atoms with Crippen molar-refractivity contribution in [1.82, 2.24) is 10.6 Å². The summed E-state index contributed by atoms with van der Waals surface area (Å²) in [4.78, 5) is 24.5. The van der Waals surface area contributed by atoms with Gasteiger partial charge in [0.25, 0.3) is 11.8 Å². The number of benzene rings is 2. The number of thiocarbonyl (C=S) groups is 1. The van der Waals surface area contributed by atoms with Gasteiger partial charge in [0.2, 0.25) is 0 Å². The fourth-order valence-electron chi connectivity index (χ4n) is 3.16. The molecule has 0 atom stereocenters. The zero-order chi connectivity index (χ0) is 19.9. The van der Waals surface area contributed by atoms with Crippen LogP contribution in [0, 0.1) is 0 Å². The smallest absolute Gasteiger partial charge is 0.257 e. The Balaban J connectivity index is 1.51. The lowest BCUT2D eigenvalue weighted by Crippen LogP contribution is -2.36. The molecular weight excluding hydrogens is 394 g/mol. The second kappa shape index (κ2) is 9.66. The topological polar surface area (TPSA) is 70.2 Å². The number of nitrogens with one attached hydrogen (secondary N) is 3. The summed E-state index contributed by atoms with van der Waals surface area (Å²) in [5.41, 5.74) is 1.76. The monoisotopic (exact) mass is 415 g/mol. The van der Waals surface area contributed by atoms with Crippen LogP contribution in [0.2, 0.25) is 5.02 Å². The summed E-state index contributed by atoms with van der Waals surface area (Å²) in [5.74, 6) is -0.380. The average molecular weight is 416 g/mol. The Hall–Kier alpha value is -2.44. The van der Waals surface area contributed by atoms with Crippen molar-refractivity contribution in [3.63, 3.8) is 0 Å². The van der Waals surface area contributed by atoms with Crippen molar-refractivity contribution in [2.45, 2.75) is 38.1 Å². The van der Waals surface area contributed by atoms with Gasteiger partial charge in [0.05, 0.1) is 0 Å². The lowest BCUT2D eigenvalue weighted by Gasteiger charge is -2.22. The van der Waals surface area contributed by atoms with Crippen LogP contribution in [-0.2, 0) is 0 Å². The Labute approximate surface area is 174 Å². The molecule has 0 spiro atoms. The van der Waals surface area contributed by atoms with E-state index in [1.807, 2.05) is 0 Å². The number of carbonyl (C=O) groups excluding carboxylic acids is 2. The minimum Gasteiger partial charge on any atom is -0.349 e. The largest absolute Gasteiger partial charge is 0.349 e. The second-order valence-electron chi connectivity index (χ2n) is 6.80. The fourth-order valence-corrected chi connectivity index (χ4v) is 3.50. The van der Waals surface area contributed by atoms with Gasteiger partial charge in [0.15, 0.2) is 5.11 Å². The highest BCUT2D eigenvalue weighted by molar-refractivity contribution is 7.80. The molecule has 0 saturated heterocycles. The number of hydrogen-bond acceptors (Lipinski definition) is 3. The molecule has 0 bridgehead atoms. The molecule has 146 valence electrons. The van der Waals surface area contributed by atoms with Gasteiger partial charge in [-0.15, -0.1) is 0 Å². The number of amides is 2. The molecule has 3 rings (SSSR count). The van der Waals surface area contributed by atoms with Crippen LogP contribution in [0.1, 0.15) is 52.8 Å². The van der Waals surface area contributed by atoms with Gasteiger partial charge in [-0.3, -0.25) is 14.9 Å². The summed E-state index contributed by atoms with van der Waals surface area (Å²) in [6.07, 6.45) is 5.70. The molecule has 0 heterocycles. The van der Waals surface area contributed by atoms with Gasteiger partial charge in [-0.25, -0.2) is 0 Å². The lowest BCUT2D eigenvalue weighted by molar-refractivity contribution is 0.0926. The summed E-state index contributed by atoms with van der Waals surface area (Å²) < 4.78 is 0. The quantitative estimate of drug-likeness (QED) is 0.641. The van der Waals surface area contributed by atoms with Crippen LogP contribution in [-0.4, -0.2) is 23.0 Å². The number of carbonyl (C=O) groups is 2. The van der Waals surface area contributed by atoms with Crippen molar-refractivity contribution >= 4 is 46.4 Å². The first-order valence-corrected chi connectivity index (χ1v) is 10.1. The third-order valence-electron chi connectivity index (χ3n) is 4.68. The van der Waals surface area contributed by atoms with E-state index in [1.54, 1.807) is 48.5 Å². The van der Waals surface area contributed by atoms with E-state index in [2.05, 4.69) is 16.0 Å². The summed E-state index contributed by atoms with van der Waals surface area (Å²) in [6.45, 7) is 0. The molecule has 0 radical (unpaired) electrons. The van der Waals surface area contributed by atoms with Crippen LogP contribution in [0.3, 0.4) is 0 Å². The van der Waals surface area contributed by atoms with E-state index >= 15 is 0 Å². The van der Waals surface area contributed by atoms with Crippen LogP contribution >= 0.6 is 23.8 Å². The molecule has 1 fully saturated rings. The molecule has 0 aliphatic heterocycles. The van der Waals surface area contributed by atoms with Gasteiger partial charge in [-0.1, -0.05) is 30.9 Å². The predicted octanol–water partition coefficient (Wildman–Crippen LogP) is 4.53. The number of hydrogen-bond donors (Lipinski definition) is 3. The molecule has 2 amide bonds. The van der Waals surface area contributed by atoms with E-state index in [9.17, 15) is 9.59 Å². The summed E-state index contributed by atoms with van der Waals surface area (Å²) in [6, 6.07) is 13.8. The molecule has 5 nitrogen and oxygen atoms in total. The maximum absolute atomic E-state index is 12.3. The van der Waals surface area contributed by atoms with Gasteiger partial charge in [0.1, 0.15) is 0 Å². The maximum atomic E-state index is 12.3. The number of rotatable bonds is 4. The molecule has 1 aliphatic rings. The highest BCUT2D eigenvalue weighted by Crippen LogP contribution is 2.18. The van der Waals surface area contributed by atoms with Gasteiger partial charge in [0, 0.05) is 27.9 Å². The van der Waals surface area contributed by atoms with Crippen LogP contribution in [0.25, 0.3) is 0 Å². The van der Waals surface area contributed by atoms with Crippen LogP contribution in [0.15, 0.2) is 48.5 Å². The van der Waals surface area contributed by atoms with Crippen molar-refractivity contribution in [3.8, 4) is 0 Å². The lowest BCUT2D eigenvalue weighted by atomic mass is 9.95. The summed E-state index contributed by atoms with van der Waals surface area (Å²) in [5, 5.41) is 9.39. The molecule has 2 aromatic rings. The van der Waals surface area contributed by atoms with Gasteiger partial charge in [-0.2, -0.15) is 0 Å². The van der Waals surface area contributed by atoms with Crippen molar-refractivity contribution in [2.24, 2.45) is 0 Å². The predicted molar refractivity (Wildman–Crippen MR) is 116 cm³/mol. The molecule has 0 aromatic heterocycles. The van der Waals surface area contributed by atoms with Crippen molar-refractivity contribution in [1.29, 1.82) is 0 Å². The van der Waals surface area contributed by atoms with E-state index < -0.39 is 0 Å². The zero-order valence-corrected chi connectivity index (χ0v) is 16.9. The third kappa shape index (κ3) is 5.78. The SMILES string of the molecule is O=C(NC(=S)Nc1ccc(C(=O)NC2CCCCC2)cc1)c1ccc(Cl)cc1. The van der Waals surface area contributed by atoms with Crippen molar-refractivity contribution < 1.29 is 9.59 Å². The molecule has 1 aliphatic carbocycles. The van der Waals surface area contributed by atoms with Gasteiger partial charge in [-0.05, 0) is 73.6 Å². The minimum absolute atomic E-state index is 0.0583. The van der Waals surface area contributed by atoms with Gasteiger partial charge < -0.3 is 10.6 Å². The Morgan fingerprint density at radius 1 is 0.857 bits per heavy atom. The van der Waals surface area contributed by atoms with Crippen LogP contribution in [0.5, 0.6) is 0 Å². The maximum Gasteiger partial charge on any atom is 0.257 e. The number of halogens is 1. The van der Waals surface area contributed by atoms with Crippen molar-refractivity contribution in [2.75, 3.05) is 5.32 Å². The third-order valence-corrected chi connectivity index (χ3v) is 5.13. The van der Waals surface area contributed by atoms with E-state index in [-0.39, 0.29) is 23.0 Å². The average Bonchev–Trinajstić information content (AvgIpc) is 2.69.